The second-order valence-corrected chi connectivity index (χ2v) is 5.98. The number of hydrogen-bond acceptors (Lipinski definition) is 2. The van der Waals surface area contributed by atoms with Gasteiger partial charge < -0.3 is 15.0 Å². The predicted molar refractivity (Wildman–Crippen MR) is 87.7 cm³/mol. The molecule has 0 unspecified atom stereocenters. The Balaban J connectivity index is 1.89. The van der Waals surface area contributed by atoms with E-state index in [1.807, 2.05) is 41.2 Å². The van der Waals surface area contributed by atoms with E-state index in [-0.39, 0.29) is 17.7 Å². The van der Waals surface area contributed by atoms with Gasteiger partial charge in [-0.2, -0.15) is 0 Å². The van der Waals surface area contributed by atoms with Gasteiger partial charge in [0.15, 0.2) is 0 Å². The standard InChI is InChI=1S/C18H24N2O2/c1-14(2)13-17(20-11-3-4-12-20)18(22)19-10-9-15-5-7-16(21)8-6-15/h3-8,11-12,14,17,21H,9-10,13H2,1-2H3,(H,19,22)/t17-/m1/s1. The van der Waals surface area contributed by atoms with Gasteiger partial charge in [-0.3, -0.25) is 4.79 Å². The molecule has 0 aliphatic carbocycles. The van der Waals surface area contributed by atoms with Crippen molar-refractivity contribution in [3.63, 3.8) is 0 Å². The van der Waals surface area contributed by atoms with Gasteiger partial charge in [0.05, 0.1) is 0 Å². The van der Waals surface area contributed by atoms with E-state index in [9.17, 15) is 9.90 Å². The Morgan fingerprint density at radius 2 is 1.82 bits per heavy atom. The van der Waals surface area contributed by atoms with Crippen molar-refractivity contribution >= 4 is 5.91 Å². The number of nitrogens with one attached hydrogen (secondary N) is 1. The van der Waals surface area contributed by atoms with Gasteiger partial charge in [0.2, 0.25) is 5.91 Å². The molecular formula is C18H24N2O2. The largest absolute Gasteiger partial charge is 0.508 e. The van der Waals surface area contributed by atoms with E-state index in [0.29, 0.717) is 12.5 Å². The summed E-state index contributed by atoms with van der Waals surface area (Å²) in [5.74, 6) is 0.774. The number of phenols is 1. The first kappa shape index (κ1) is 16.1. The second kappa shape index (κ2) is 7.69. The Hall–Kier alpha value is -2.23. The quantitative estimate of drug-likeness (QED) is 0.825. The zero-order chi connectivity index (χ0) is 15.9. The monoisotopic (exact) mass is 300 g/mol. The molecule has 0 saturated heterocycles. The van der Waals surface area contributed by atoms with Crippen LogP contribution >= 0.6 is 0 Å². The Morgan fingerprint density at radius 3 is 2.41 bits per heavy atom. The number of phenolic OH excluding ortho intramolecular Hbond substituents is 1. The SMILES string of the molecule is CC(C)C[C@H](C(=O)NCCc1ccc(O)cc1)n1cccc1. The lowest BCUT2D eigenvalue weighted by Gasteiger charge is -2.20. The Kier molecular flexibility index (Phi) is 5.64. The minimum atomic E-state index is -0.158. The maximum Gasteiger partial charge on any atom is 0.243 e. The molecule has 0 spiro atoms. The molecule has 2 aromatic rings. The van der Waals surface area contributed by atoms with E-state index in [2.05, 4.69) is 19.2 Å². The van der Waals surface area contributed by atoms with Crippen molar-refractivity contribution in [1.29, 1.82) is 0 Å². The van der Waals surface area contributed by atoms with Gasteiger partial charge in [-0.1, -0.05) is 26.0 Å². The fraction of sp³-hybridized carbons (Fsp3) is 0.389. The van der Waals surface area contributed by atoms with Crippen molar-refractivity contribution in [3.8, 4) is 5.75 Å². The topological polar surface area (TPSA) is 54.3 Å². The first-order chi connectivity index (χ1) is 10.6. The van der Waals surface area contributed by atoms with Crippen molar-refractivity contribution < 1.29 is 9.90 Å². The lowest BCUT2D eigenvalue weighted by molar-refractivity contribution is -0.124. The van der Waals surface area contributed by atoms with Crippen molar-refractivity contribution in [2.75, 3.05) is 6.54 Å². The van der Waals surface area contributed by atoms with E-state index >= 15 is 0 Å². The van der Waals surface area contributed by atoms with Crippen molar-refractivity contribution in [2.45, 2.75) is 32.7 Å². The zero-order valence-electron chi connectivity index (χ0n) is 13.2. The maximum atomic E-state index is 12.4. The summed E-state index contributed by atoms with van der Waals surface area (Å²) in [5.41, 5.74) is 1.10. The predicted octanol–water partition coefficient (Wildman–Crippen LogP) is 3.14. The number of carbonyl (C=O) groups is 1. The molecule has 0 fully saturated rings. The molecule has 1 heterocycles. The average Bonchev–Trinajstić information content (AvgIpc) is 3.00. The number of hydrogen-bond donors (Lipinski definition) is 2. The Morgan fingerprint density at radius 1 is 1.18 bits per heavy atom. The molecule has 4 heteroatoms. The number of rotatable bonds is 7. The highest BCUT2D eigenvalue weighted by atomic mass is 16.3. The summed E-state index contributed by atoms with van der Waals surface area (Å²) in [7, 11) is 0. The van der Waals surface area contributed by atoms with Crippen molar-refractivity contribution in [1.82, 2.24) is 9.88 Å². The number of carbonyl (C=O) groups excluding carboxylic acids is 1. The molecule has 0 aliphatic rings. The highest BCUT2D eigenvalue weighted by Crippen LogP contribution is 2.18. The smallest absolute Gasteiger partial charge is 0.243 e. The summed E-state index contributed by atoms with van der Waals surface area (Å²) in [6.45, 7) is 4.85. The summed E-state index contributed by atoms with van der Waals surface area (Å²) >= 11 is 0. The molecule has 0 saturated carbocycles. The molecule has 1 amide bonds. The highest BCUT2D eigenvalue weighted by Gasteiger charge is 2.20. The zero-order valence-corrected chi connectivity index (χ0v) is 13.2. The third-order valence-corrected chi connectivity index (χ3v) is 3.63. The van der Waals surface area contributed by atoms with Crippen molar-refractivity contribution in [2.24, 2.45) is 5.92 Å². The molecule has 0 aliphatic heterocycles. The molecule has 2 rings (SSSR count). The van der Waals surface area contributed by atoms with E-state index in [0.717, 1.165) is 18.4 Å². The van der Waals surface area contributed by atoms with Crippen LogP contribution in [0.4, 0.5) is 0 Å². The van der Waals surface area contributed by atoms with Gasteiger partial charge in [-0.05, 0) is 48.6 Å². The summed E-state index contributed by atoms with van der Waals surface area (Å²) in [4.78, 5) is 12.4. The van der Waals surface area contributed by atoms with Crippen LogP contribution in [0.5, 0.6) is 5.75 Å². The van der Waals surface area contributed by atoms with Gasteiger partial charge in [-0.25, -0.2) is 0 Å². The first-order valence-electron chi connectivity index (χ1n) is 7.74. The van der Waals surface area contributed by atoms with E-state index < -0.39 is 0 Å². The molecular weight excluding hydrogens is 276 g/mol. The fourth-order valence-electron chi connectivity index (χ4n) is 2.48. The minimum Gasteiger partial charge on any atom is -0.508 e. The lowest BCUT2D eigenvalue weighted by Crippen LogP contribution is -2.34. The highest BCUT2D eigenvalue weighted by molar-refractivity contribution is 5.80. The summed E-state index contributed by atoms with van der Waals surface area (Å²) in [6.07, 6.45) is 5.45. The normalized spacial score (nSPS) is 12.3. The van der Waals surface area contributed by atoms with Crippen LogP contribution in [0.3, 0.4) is 0 Å². The third kappa shape index (κ3) is 4.65. The number of benzene rings is 1. The molecule has 1 atom stereocenters. The first-order valence-corrected chi connectivity index (χ1v) is 7.74. The van der Waals surface area contributed by atoms with Crippen LogP contribution in [0.2, 0.25) is 0 Å². The molecule has 4 nitrogen and oxygen atoms in total. The lowest BCUT2D eigenvalue weighted by atomic mass is 10.0. The molecule has 0 radical (unpaired) electrons. The number of aromatic nitrogens is 1. The number of aromatic hydroxyl groups is 1. The molecule has 0 bridgehead atoms. The maximum absolute atomic E-state index is 12.4. The average molecular weight is 300 g/mol. The van der Waals surface area contributed by atoms with Gasteiger partial charge in [0.25, 0.3) is 0 Å². The Labute approximate surface area is 131 Å². The van der Waals surface area contributed by atoms with E-state index in [1.165, 1.54) is 0 Å². The van der Waals surface area contributed by atoms with Gasteiger partial charge in [0.1, 0.15) is 11.8 Å². The molecule has 118 valence electrons. The van der Waals surface area contributed by atoms with Crippen LogP contribution in [0.1, 0.15) is 31.9 Å². The number of nitrogens with zero attached hydrogens (tertiary/aromatic N) is 1. The van der Waals surface area contributed by atoms with Crippen LogP contribution in [0.15, 0.2) is 48.8 Å². The Bertz CT molecular complexity index is 574. The van der Waals surface area contributed by atoms with Crippen LogP contribution in [0.25, 0.3) is 0 Å². The van der Waals surface area contributed by atoms with Crippen LogP contribution in [-0.2, 0) is 11.2 Å². The van der Waals surface area contributed by atoms with Gasteiger partial charge >= 0.3 is 0 Å². The van der Waals surface area contributed by atoms with E-state index in [4.69, 9.17) is 0 Å². The summed E-state index contributed by atoms with van der Waals surface area (Å²) < 4.78 is 1.97. The van der Waals surface area contributed by atoms with Crippen molar-refractivity contribution in [3.05, 3.63) is 54.4 Å². The van der Waals surface area contributed by atoms with Gasteiger partial charge in [-0.15, -0.1) is 0 Å². The van der Waals surface area contributed by atoms with Crippen LogP contribution in [0, 0.1) is 5.92 Å². The third-order valence-electron chi connectivity index (χ3n) is 3.63. The minimum absolute atomic E-state index is 0.0590. The van der Waals surface area contributed by atoms with Crippen LogP contribution in [-0.4, -0.2) is 22.1 Å². The molecule has 2 N–H and O–H groups in total. The number of amides is 1. The molecule has 1 aromatic heterocycles. The summed E-state index contributed by atoms with van der Waals surface area (Å²) in [5, 5.41) is 12.3. The molecule has 22 heavy (non-hydrogen) atoms. The fourth-order valence-corrected chi connectivity index (χ4v) is 2.48. The van der Waals surface area contributed by atoms with Gasteiger partial charge in [0, 0.05) is 18.9 Å². The molecule has 1 aromatic carbocycles. The van der Waals surface area contributed by atoms with Crippen LogP contribution < -0.4 is 5.32 Å². The second-order valence-electron chi connectivity index (χ2n) is 5.98. The summed E-state index contributed by atoms with van der Waals surface area (Å²) in [6, 6.07) is 10.8. The van der Waals surface area contributed by atoms with E-state index in [1.54, 1.807) is 12.1 Å².